The van der Waals surface area contributed by atoms with Gasteiger partial charge in [-0.3, -0.25) is 19.8 Å². The number of nitrogens with one attached hydrogen (secondary N) is 1. The normalized spacial score (nSPS) is 14.4. The molecule has 29 heavy (non-hydrogen) atoms. The number of amides is 1. The molecule has 156 valence electrons. The number of carbonyl (C=O) groups is 1. The van der Waals surface area contributed by atoms with Gasteiger partial charge in [-0.25, -0.2) is 4.98 Å². The molecule has 0 fully saturated rings. The zero-order chi connectivity index (χ0) is 21.6. The summed E-state index contributed by atoms with van der Waals surface area (Å²) in [6.45, 7) is 0.937. The first-order valence-electron chi connectivity index (χ1n) is 8.55. The summed E-state index contributed by atoms with van der Waals surface area (Å²) in [5.41, 5.74) is 2.45. The molecule has 0 saturated heterocycles. The molecule has 0 aliphatic carbocycles. The van der Waals surface area contributed by atoms with Crippen molar-refractivity contribution in [3.05, 3.63) is 47.3 Å². The van der Waals surface area contributed by atoms with Crippen molar-refractivity contribution < 1.29 is 22.7 Å². The molecule has 0 radical (unpaired) electrons. The highest BCUT2D eigenvalue weighted by atomic mass is 32.2. The maximum atomic E-state index is 13.0. The third-order valence-corrected chi connectivity index (χ3v) is 4.98. The van der Waals surface area contributed by atoms with Crippen LogP contribution in [0.3, 0.4) is 0 Å². The van der Waals surface area contributed by atoms with Crippen molar-refractivity contribution in [2.24, 2.45) is 0 Å². The average Bonchev–Trinajstić information content (AvgIpc) is 2.68. The summed E-state index contributed by atoms with van der Waals surface area (Å²) in [4.78, 5) is 20.3. The van der Waals surface area contributed by atoms with E-state index in [9.17, 15) is 18.0 Å². The molecule has 1 aromatic rings. The molecule has 2 heterocycles. The van der Waals surface area contributed by atoms with E-state index in [0.29, 0.717) is 11.3 Å². The molecular weight excluding hydrogens is 405 g/mol. The lowest BCUT2D eigenvalue weighted by atomic mass is 10.1. The number of alkyl halides is 3. The van der Waals surface area contributed by atoms with Gasteiger partial charge in [0.2, 0.25) is 0 Å². The number of rotatable bonds is 7. The Morgan fingerprint density at radius 1 is 1.41 bits per heavy atom. The van der Waals surface area contributed by atoms with Crippen LogP contribution in [0.5, 0.6) is 0 Å². The minimum absolute atomic E-state index is 0.270. The second kappa shape index (κ2) is 9.75. The minimum atomic E-state index is -4.73. The summed E-state index contributed by atoms with van der Waals surface area (Å²) in [7, 11) is 3.78. The molecule has 0 bridgehead atoms. The monoisotopic (exact) mass is 426 g/mol. The molecule has 6 nitrogen and oxygen atoms in total. The summed E-state index contributed by atoms with van der Waals surface area (Å²) in [6.07, 6.45) is 3.54. The Kier molecular flexibility index (Phi) is 7.63. The lowest BCUT2D eigenvalue weighted by Gasteiger charge is -2.24. The van der Waals surface area contributed by atoms with Gasteiger partial charge in [0.1, 0.15) is 5.03 Å². The standard InChI is InChI=1S/C19H21F3N4O2S/c1-4-14(6-5-9-28-19(20,21)22)26(12-23)18(27)13-10-15-16(25(2)3)7-8-24-17(15)29-11-13/h4-8,10,12,23H,9,11H2,1-3H3/b6-5-,14-4+,23-12?. The molecule has 0 spiro atoms. The zero-order valence-corrected chi connectivity index (χ0v) is 17.0. The van der Waals surface area contributed by atoms with Crippen LogP contribution < -0.4 is 4.90 Å². The fourth-order valence-electron chi connectivity index (χ4n) is 2.60. The van der Waals surface area contributed by atoms with Gasteiger partial charge in [0.15, 0.2) is 0 Å². The molecular formula is C19H21F3N4O2S. The van der Waals surface area contributed by atoms with Gasteiger partial charge in [-0.05, 0) is 25.1 Å². The summed E-state index contributed by atoms with van der Waals surface area (Å²) < 4.78 is 39.9. The third-order valence-electron chi connectivity index (χ3n) is 3.92. The summed E-state index contributed by atoms with van der Waals surface area (Å²) in [6, 6.07) is 1.85. The first kappa shape index (κ1) is 22.7. The van der Waals surface area contributed by atoms with E-state index in [1.165, 1.54) is 23.9 Å². The Labute approximate surface area is 171 Å². The lowest BCUT2D eigenvalue weighted by molar-refractivity contribution is -0.319. The van der Waals surface area contributed by atoms with E-state index in [1.54, 1.807) is 19.2 Å². The lowest BCUT2D eigenvalue weighted by Crippen LogP contribution is -2.30. The highest BCUT2D eigenvalue weighted by Gasteiger charge is 2.28. The van der Waals surface area contributed by atoms with Crippen LogP contribution in [0.15, 0.2) is 46.8 Å². The summed E-state index contributed by atoms with van der Waals surface area (Å²) in [5, 5.41) is 8.43. The summed E-state index contributed by atoms with van der Waals surface area (Å²) in [5.74, 6) is -0.0565. The van der Waals surface area contributed by atoms with E-state index in [-0.39, 0.29) is 5.70 Å². The molecule has 0 saturated carbocycles. The molecule has 1 aliphatic heterocycles. The first-order valence-corrected chi connectivity index (χ1v) is 9.54. The van der Waals surface area contributed by atoms with Crippen molar-refractivity contribution in [3.8, 4) is 0 Å². The fraction of sp³-hybridized carbons (Fsp3) is 0.316. The van der Waals surface area contributed by atoms with Crippen LogP contribution in [0.1, 0.15) is 12.5 Å². The number of nitrogens with zero attached hydrogens (tertiary/aromatic N) is 3. The van der Waals surface area contributed by atoms with Gasteiger partial charge in [-0.15, -0.1) is 24.9 Å². The van der Waals surface area contributed by atoms with Crippen molar-refractivity contribution >= 4 is 35.8 Å². The van der Waals surface area contributed by atoms with Crippen LogP contribution in [0.25, 0.3) is 6.08 Å². The molecule has 1 aromatic heterocycles. The Hall–Kier alpha value is -2.59. The number of halogens is 3. The van der Waals surface area contributed by atoms with E-state index in [2.05, 4.69) is 9.72 Å². The Bertz CT molecular complexity index is 864. The third kappa shape index (κ3) is 5.94. The van der Waals surface area contributed by atoms with Gasteiger partial charge in [-0.2, -0.15) is 0 Å². The number of allylic oxidation sites excluding steroid dienone is 2. The molecule has 0 atom stereocenters. The second-order valence-electron chi connectivity index (χ2n) is 6.08. The minimum Gasteiger partial charge on any atom is -0.377 e. The van der Waals surface area contributed by atoms with Crippen molar-refractivity contribution in [2.75, 3.05) is 31.4 Å². The van der Waals surface area contributed by atoms with Crippen LogP contribution in [0, 0.1) is 5.41 Å². The van der Waals surface area contributed by atoms with E-state index in [1.807, 2.05) is 25.1 Å². The average molecular weight is 426 g/mol. The van der Waals surface area contributed by atoms with Crippen LogP contribution >= 0.6 is 11.8 Å². The maximum Gasteiger partial charge on any atom is 0.522 e. The number of hydrogen-bond acceptors (Lipinski definition) is 6. The Morgan fingerprint density at radius 2 is 2.14 bits per heavy atom. The largest absolute Gasteiger partial charge is 0.522 e. The Balaban J connectivity index is 2.25. The molecule has 10 heteroatoms. The van der Waals surface area contributed by atoms with E-state index in [4.69, 9.17) is 5.41 Å². The van der Waals surface area contributed by atoms with E-state index >= 15 is 0 Å². The number of ether oxygens (including phenoxy) is 1. The van der Waals surface area contributed by atoms with Gasteiger partial charge in [0.25, 0.3) is 5.91 Å². The second-order valence-corrected chi connectivity index (χ2v) is 7.04. The fourth-order valence-corrected chi connectivity index (χ4v) is 3.56. The molecule has 2 rings (SSSR count). The zero-order valence-electron chi connectivity index (χ0n) is 16.2. The number of aromatic nitrogens is 1. The van der Waals surface area contributed by atoms with Crippen molar-refractivity contribution in [2.45, 2.75) is 18.3 Å². The van der Waals surface area contributed by atoms with E-state index in [0.717, 1.165) is 33.6 Å². The number of anilines is 1. The SMILES string of the molecule is C/C=C(\C=C/COC(F)(F)F)N(C=N)C(=O)C1=Cc2c(N(C)C)ccnc2SC1. The van der Waals surface area contributed by atoms with Crippen molar-refractivity contribution in [1.29, 1.82) is 5.41 Å². The van der Waals surface area contributed by atoms with Gasteiger partial charge in [-0.1, -0.05) is 12.2 Å². The number of fused-ring (bicyclic) bond motifs is 1. The molecule has 1 aliphatic rings. The number of hydrogen-bond donors (Lipinski definition) is 1. The van der Waals surface area contributed by atoms with Gasteiger partial charge >= 0.3 is 6.36 Å². The van der Waals surface area contributed by atoms with Gasteiger partial charge < -0.3 is 4.90 Å². The highest BCUT2D eigenvalue weighted by molar-refractivity contribution is 7.99. The topological polar surface area (TPSA) is 69.5 Å². The first-order chi connectivity index (χ1) is 13.7. The number of thioether (sulfide) groups is 1. The molecule has 0 unspecified atom stereocenters. The molecule has 1 amide bonds. The van der Waals surface area contributed by atoms with Crippen LogP contribution in [-0.2, 0) is 9.53 Å². The predicted molar refractivity (Wildman–Crippen MR) is 108 cm³/mol. The smallest absolute Gasteiger partial charge is 0.377 e. The highest BCUT2D eigenvalue weighted by Crippen LogP contribution is 2.36. The summed E-state index contributed by atoms with van der Waals surface area (Å²) >= 11 is 1.42. The maximum absolute atomic E-state index is 13.0. The van der Waals surface area contributed by atoms with Gasteiger partial charge in [0, 0.05) is 48.6 Å². The quantitative estimate of drug-likeness (QED) is 0.404. The van der Waals surface area contributed by atoms with Crippen molar-refractivity contribution in [3.63, 3.8) is 0 Å². The van der Waals surface area contributed by atoms with Gasteiger partial charge in [0.05, 0.1) is 12.9 Å². The van der Waals surface area contributed by atoms with Crippen LogP contribution in [0.2, 0.25) is 0 Å². The predicted octanol–water partition coefficient (Wildman–Crippen LogP) is 4.07. The van der Waals surface area contributed by atoms with Crippen molar-refractivity contribution in [1.82, 2.24) is 9.88 Å². The molecule has 1 N–H and O–H groups in total. The molecule has 0 aromatic carbocycles. The van der Waals surface area contributed by atoms with Crippen LogP contribution in [0.4, 0.5) is 18.9 Å². The van der Waals surface area contributed by atoms with E-state index < -0.39 is 18.9 Å². The van der Waals surface area contributed by atoms with Crippen LogP contribution in [-0.4, -0.2) is 54.9 Å². The Morgan fingerprint density at radius 3 is 2.72 bits per heavy atom. The number of carbonyl (C=O) groups excluding carboxylic acids is 1. The number of pyridine rings is 1.